The van der Waals surface area contributed by atoms with E-state index >= 15 is 0 Å². The van der Waals surface area contributed by atoms with Gasteiger partial charge in [0.25, 0.3) is 0 Å². The molecule has 0 spiro atoms. The first-order valence-electron chi connectivity index (χ1n) is 5.06. The number of hydrogen-bond acceptors (Lipinski definition) is 2. The van der Waals surface area contributed by atoms with Gasteiger partial charge in [-0.1, -0.05) is 15.9 Å². The fourth-order valence-corrected chi connectivity index (χ4v) is 1.87. The van der Waals surface area contributed by atoms with Gasteiger partial charge in [0.15, 0.2) is 0 Å². The summed E-state index contributed by atoms with van der Waals surface area (Å²) in [6.45, 7) is 4.32. The van der Waals surface area contributed by atoms with Crippen LogP contribution in [-0.4, -0.2) is 14.3 Å². The van der Waals surface area contributed by atoms with E-state index in [9.17, 15) is 4.79 Å². The van der Waals surface area contributed by atoms with Crippen molar-refractivity contribution in [3.8, 4) is 5.69 Å². The predicted octanol–water partition coefficient (Wildman–Crippen LogP) is 2.12. The number of halogens is 1. The molecule has 0 saturated carbocycles. The smallest absolute Gasteiger partial charge is 0.247 e. The van der Waals surface area contributed by atoms with Crippen LogP contribution < -0.4 is 5.69 Å². The van der Waals surface area contributed by atoms with Crippen LogP contribution in [0.15, 0.2) is 33.5 Å². The van der Waals surface area contributed by atoms with Crippen LogP contribution in [-0.2, 0) is 6.54 Å². The molecule has 0 atom stereocenters. The summed E-state index contributed by atoms with van der Waals surface area (Å²) >= 11 is 3.37. The molecule has 0 amide bonds. The lowest BCUT2D eigenvalue weighted by Crippen LogP contribution is -2.23. The SMILES string of the molecule is CCn1nc(C)n(-c2ccc(Br)cc2)c1=O. The normalized spacial score (nSPS) is 10.7. The second kappa shape index (κ2) is 4.25. The van der Waals surface area contributed by atoms with Crippen LogP contribution >= 0.6 is 15.9 Å². The lowest BCUT2D eigenvalue weighted by atomic mass is 10.3. The van der Waals surface area contributed by atoms with Gasteiger partial charge < -0.3 is 0 Å². The molecular formula is C11H12BrN3O. The van der Waals surface area contributed by atoms with E-state index in [-0.39, 0.29) is 5.69 Å². The molecule has 0 aliphatic carbocycles. The summed E-state index contributed by atoms with van der Waals surface area (Å²) in [5, 5.41) is 4.18. The summed E-state index contributed by atoms with van der Waals surface area (Å²) in [7, 11) is 0. The number of aryl methyl sites for hydroxylation is 2. The van der Waals surface area contributed by atoms with Gasteiger partial charge in [0.1, 0.15) is 5.82 Å². The lowest BCUT2D eigenvalue weighted by molar-refractivity contribution is 0.626. The summed E-state index contributed by atoms with van der Waals surface area (Å²) in [6.07, 6.45) is 0. The maximum Gasteiger partial charge on any atom is 0.350 e. The van der Waals surface area contributed by atoms with Crippen molar-refractivity contribution in [1.82, 2.24) is 14.3 Å². The Bertz CT molecular complexity index is 554. The van der Waals surface area contributed by atoms with E-state index in [0.29, 0.717) is 12.4 Å². The molecule has 1 aromatic carbocycles. The van der Waals surface area contributed by atoms with Crippen molar-refractivity contribution in [1.29, 1.82) is 0 Å². The van der Waals surface area contributed by atoms with Crippen molar-refractivity contribution in [2.75, 3.05) is 0 Å². The van der Waals surface area contributed by atoms with Crippen molar-refractivity contribution in [3.63, 3.8) is 0 Å². The lowest BCUT2D eigenvalue weighted by Gasteiger charge is -2.02. The van der Waals surface area contributed by atoms with Gasteiger partial charge in [-0.15, -0.1) is 0 Å². The highest BCUT2D eigenvalue weighted by Crippen LogP contribution is 2.13. The van der Waals surface area contributed by atoms with Gasteiger partial charge in [-0.05, 0) is 38.1 Å². The van der Waals surface area contributed by atoms with Gasteiger partial charge in [0.2, 0.25) is 0 Å². The van der Waals surface area contributed by atoms with Crippen LogP contribution in [0.4, 0.5) is 0 Å². The van der Waals surface area contributed by atoms with Gasteiger partial charge >= 0.3 is 5.69 Å². The molecule has 1 heterocycles. The summed E-state index contributed by atoms with van der Waals surface area (Å²) in [5.41, 5.74) is 0.743. The van der Waals surface area contributed by atoms with Crippen molar-refractivity contribution in [2.24, 2.45) is 0 Å². The number of rotatable bonds is 2. The van der Waals surface area contributed by atoms with E-state index in [1.54, 1.807) is 4.57 Å². The van der Waals surface area contributed by atoms with Crippen molar-refractivity contribution >= 4 is 15.9 Å². The Morgan fingerprint density at radius 2 is 1.94 bits per heavy atom. The number of benzene rings is 1. The van der Waals surface area contributed by atoms with E-state index in [1.165, 1.54) is 4.68 Å². The van der Waals surface area contributed by atoms with E-state index in [1.807, 2.05) is 38.1 Å². The first-order chi connectivity index (χ1) is 7.63. The maximum absolute atomic E-state index is 12.0. The van der Waals surface area contributed by atoms with Gasteiger partial charge in [0, 0.05) is 11.0 Å². The van der Waals surface area contributed by atoms with Gasteiger partial charge in [0.05, 0.1) is 5.69 Å². The molecule has 2 rings (SSSR count). The second-order valence-corrected chi connectivity index (χ2v) is 4.37. The quantitative estimate of drug-likeness (QED) is 0.846. The topological polar surface area (TPSA) is 39.8 Å². The molecule has 5 heteroatoms. The third-order valence-electron chi connectivity index (χ3n) is 2.39. The van der Waals surface area contributed by atoms with Crippen molar-refractivity contribution in [3.05, 3.63) is 45.0 Å². The molecule has 2 aromatic rings. The molecule has 84 valence electrons. The van der Waals surface area contributed by atoms with E-state index in [2.05, 4.69) is 21.0 Å². The van der Waals surface area contributed by atoms with Crippen LogP contribution in [0.1, 0.15) is 12.7 Å². The van der Waals surface area contributed by atoms with E-state index in [4.69, 9.17) is 0 Å². The Morgan fingerprint density at radius 3 is 2.44 bits per heavy atom. The van der Waals surface area contributed by atoms with E-state index < -0.39 is 0 Å². The van der Waals surface area contributed by atoms with E-state index in [0.717, 1.165) is 10.2 Å². The predicted molar refractivity (Wildman–Crippen MR) is 65.9 cm³/mol. The molecule has 0 saturated heterocycles. The fourth-order valence-electron chi connectivity index (χ4n) is 1.61. The monoisotopic (exact) mass is 281 g/mol. The summed E-state index contributed by atoms with van der Waals surface area (Å²) in [4.78, 5) is 12.0. The fraction of sp³-hybridized carbons (Fsp3) is 0.273. The molecule has 1 aromatic heterocycles. The molecule has 0 bridgehead atoms. The third-order valence-corrected chi connectivity index (χ3v) is 2.91. The summed E-state index contributed by atoms with van der Waals surface area (Å²) in [6, 6.07) is 7.59. The molecule has 0 aliphatic heterocycles. The average molecular weight is 282 g/mol. The highest BCUT2D eigenvalue weighted by Gasteiger charge is 2.09. The largest absolute Gasteiger partial charge is 0.350 e. The minimum atomic E-state index is -0.0951. The minimum Gasteiger partial charge on any atom is -0.247 e. The number of hydrogen-bond donors (Lipinski definition) is 0. The van der Waals surface area contributed by atoms with Crippen LogP contribution in [0.2, 0.25) is 0 Å². The van der Waals surface area contributed by atoms with Crippen LogP contribution in [0, 0.1) is 6.92 Å². The standard InChI is InChI=1S/C11H12BrN3O/c1-3-14-11(16)15(8(2)13-14)10-6-4-9(12)5-7-10/h4-7H,3H2,1-2H3. The molecule has 0 unspecified atom stereocenters. The zero-order valence-corrected chi connectivity index (χ0v) is 10.7. The van der Waals surface area contributed by atoms with Gasteiger partial charge in [-0.3, -0.25) is 0 Å². The number of aromatic nitrogens is 3. The second-order valence-electron chi connectivity index (χ2n) is 3.46. The third kappa shape index (κ3) is 1.82. The first-order valence-corrected chi connectivity index (χ1v) is 5.85. The zero-order chi connectivity index (χ0) is 11.7. The van der Waals surface area contributed by atoms with Crippen LogP contribution in [0.3, 0.4) is 0 Å². The Hall–Kier alpha value is -1.36. The Balaban J connectivity index is 2.60. The number of nitrogens with zero attached hydrogens (tertiary/aromatic N) is 3. The van der Waals surface area contributed by atoms with Gasteiger partial charge in [-0.2, -0.15) is 5.10 Å². The molecule has 0 N–H and O–H groups in total. The van der Waals surface area contributed by atoms with Crippen LogP contribution in [0.5, 0.6) is 0 Å². The highest BCUT2D eigenvalue weighted by molar-refractivity contribution is 9.10. The summed E-state index contributed by atoms with van der Waals surface area (Å²) < 4.78 is 4.05. The first kappa shape index (κ1) is 11.1. The Kier molecular flexibility index (Phi) is 2.96. The van der Waals surface area contributed by atoms with Crippen molar-refractivity contribution in [2.45, 2.75) is 20.4 Å². The summed E-state index contributed by atoms with van der Waals surface area (Å²) in [5.74, 6) is 0.703. The molecular weight excluding hydrogens is 270 g/mol. The highest BCUT2D eigenvalue weighted by atomic mass is 79.9. The minimum absolute atomic E-state index is 0.0951. The molecule has 0 aliphatic rings. The Labute approximate surface area is 102 Å². The maximum atomic E-state index is 12.0. The zero-order valence-electron chi connectivity index (χ0n) is 9.14. The molecule has 0 fully saturated rings. The molecule has 4 nitrogen and oxygen atoms in total. The van der Waals surface area contributed by atoms with Crippen LogP contribution in [0.25, 0.3) is 5.69 Å². The molecule has 0 radical (unpaired) electrons. The Morgan fingerprint density at radius 1 is 1.31 bits per heavy atom. The average Bonchev–Trinajstić information content (AvgIpc) is 2.56. The van der Waals surface area contributed by atoms with Gasteiger partial charge in [-0.25, -0.2) is 14.0 Å². The van der Waals surface area contributed by atoms with Crippen molar-refractivity contribution < 1.29 is 0 Å². The molecule has 16 heavy (non-hydrogen) atoms.